The average molecular weight is 243 g/mol. The molecule has 0 saturated carbocycles. The third-order valence-electron chi connectivity index (χ3n) is 3.98. The summed E-state index contributed by atoms with van der Waals surface area (Å²) < 4.78 is 2.15. The first-order valence-corrected chi connectivity index (χ1v) is 6.90. The summed E-state index contributed by atoms with van der Waals surface area (Å²) >= 11 is 0. The van der Waals surface area contributed by atoms with Crippen molar-refractivity contribution in [1.29, 1.82) is 0 Å². The highest BCUT2D eigenvalue weighted by Crippen LogP contribution is 2.15. The summed E-state index contributed by atoms with van der Waals surface area (Å²) in [6.45, 7) is 5.46. The Morgan fingerprint density at radius 2 is 2.17 bits per heavy atom. The van der Waals surface area contributed by atoms with Gasteiger partial charge in [0, 0.05) is 24.9 Å². The van der Waals surface area contributed by atoms with Crippen molar-refractivity contribution in [2.45, 2.75) is 45.6 Å². The minimum atomic E-state index is 0.617. The van der Waals surface area contributed by atoms with Gasteiger partial charge in [-0.05, 0) is 50.4 Å². The summed E-state index contributed by atoms with van der Waals surface area (Å²) in [4.78, 5) is 4.73. The highest BCUT2D eigenvalue weighted by atomic mass is 15.0. The van der Waals surface area contributed by atoms with Gasteiger partial charge in [0.05, 0.1) is 5.69 Å². The van der Waals surface area contributed by atoms with Crippen LogP contribution in [0.15, 0.2) is 18.5 Å². The molecule has 3 rings (SSSR count). The van der Waals surface area contributed by atoms with Crippen LogP contribution in [-0.2, 0) is 6.42 Å². The zero-order chi connectivity index (χ0) is 12.5. The van der Waals surface area contributed by atoms with E-state index in [1.807, 2.05) is 0 Å². The third-order valence-corrected chi connectivity index (χ3v) is 3.98. The van der Waals surface area contributed by atoms with Crippen LogP contribution in [0.1, 0.15) is 36.1 Å². The van der Waals surface area contributed by atoms with Crippen LogP contribution in [0.3, 0.4) is 0 Å². The van der Waals surface area contributed by atoms with Crippen molar-refractivity contribution in [2.24, 2.45) is 0 Å². The van der Waals surface area contributed by atoms with Gasteiger partial charge in [-0.3, -0.25) is 0 Å². The SMILES string of the molecule is Cc1cc2nc(C[C@@H]3CCCCN3)cn2cc1C. The Bertz CT molecular complexity index is 511. The molecule has 3 nitrogen and oxygen atoms in total. The van der Waals surface area contributed by atoms with Crippen LogP contribution in [0.4, 0.5) is 0 Å². The summed E-state index contributed by atoms with van der Waals surface area (Å²) in [7, 11) is 0. The molecule has 1 aliphatic heterocycles. The molecule has 2 aromatic heterocycles. The maximum Gasteiger partial charge on any atom is 0.137 e. The second-order valence-electron chi connectivity index (χ2n) is 5.49. The van der Waals surface area contributed by atoms with Crippen LogP contribution in [0.2, 0.25) is 0 Å². The van der Waals surface area contributed by atoms with Crippen molar-refractivity contribution in [3.8, 4) is 0 Å². The molecule has 1 aliphatic rings. The van der Waals surface area contributed by atoms with E-state index in [1.54, 1.807) is 0 Å². The van der Waals surface area contributed by atoms with Gasteiger partial charge in [-0.15, -0.1) is 0 Å². The van der Waals surface area contributed by atoms with Gasteiger partial charge in [0.25, 0.3) is 0 Å². The predicted molar refractivity (Wildman–Crippen MR) is 74.0 cm³/mol. The lowest BCUT2D eigenvalue weighted by molar-refractivity contribution is 0.397. The van der Waals surface area contributed by atoms with Gasteiger partial charge in [0.1, 0.15) is 5.65 Å². The summed E-state index contributed by atoms with van der Waals surface area (Å²) in [5.41, 5.74) is 4.92. The van der Waals surface area contributed by atoms with Gasteiger partial charge in [0.15, 0.2) is 0 Å². The van der Waals surface area contributed by atoms with Crippen LogP contribution in [0, 0.1) is 13.8 Å². The number of nitrogens with one attached hydrogen (secondary N) is 1. The quantitative estimate of drug-likeness (QED) is 0.878. The molecular weight excluding hydrogens is 222 g/mol. The number of hydrogen-bond donors (Lipinski definition) is 1. The van der Waals surface area contributed by atoms with E-state index >= 15 is 0 Å². The van der Waals surface area contributed by atoms with Crippen molar-refractivity contribution >= 4 is 5.65 Å². The fourth-order valence-electron chi connectivity index (χ4n) is 2.74. The van der Waals surface area contributed by atoms with Crippen LogP contribution < -0.4 is 5.32 Å². The van der Waals surface area contributed by atoms with E-state index in [1.165, 1.54) is 36.1 Å². The number of nitrogens with zero attached hydrogens (tertiary/aromatic N) is 2. The molecule has 0 bridgehead atoms. The predicted octanol–water partition coefficient (Wildman–Crippen LogP) is 2.64. The topological polar surface area (TPSA) is 29.3 Å². The van der Waals surface area contributed by atoms with Gasteiger partial charge >= 0.3 is 0 Å². The number of imidazole rings is 1. The van der Waals surface area contributed by atoms with Gasteiger partial charge in [-0.1, -0.05) is 6.42 Å². The molecule has 18 heavy (non-hydrogen) atoms. The molecule has 1 N–H and O–H groups in total. The minimum absolute atomic E-state index is 0.617. The van der Waals surface area contributed by atoms with Gasteiger partial charge in [-0.25, -0.2) is 4.98 Å². The normalized spacial score (nSPS) is 20.4. The zero-order valence-corrected chi connectivity index (χ0v) is 11.2. The second-order valence-corrected chi connectivity index (χ2v) is 5.49. The maximum atomic E-state index is 4.73. The number of pyridine rings is 1. The monoisotopic (exact) mass is 243 g/mol. The molecular formula is C15H21N3. The molecule has 0 aliphatic carbocycles. The van der Waals surface area contributed by atoms with E-state index in [0.717, 1.165) is 18.6 Å². The molecule has 0 spiro atoms. The average Bonchev–Trinajstić information content (AvgIpc) is 2.72. The number of aryl methyl sites for hydroxylation is 2. The van der Waals surface area contributed by atoms with E-state index < -0.39 is 0 Å². The van der Waals surface area contributed by atoms with Crippen LogP contribution in [0.5, 0.6) is 0 Å². The van der Waals surface area contributed by atoms with Crippen LogP contribution in [0.25, 0.3) is 5.65 Å². The Morgan fingerprint density at radius 3 is 2.94 bits per heavy atom. The zero-order valence-electron chi connectivity index (χ0n) is 11.2. The maximum absolute atomic E-state index is 4.73. The molecule has 96 valence electrons. The number of rotatable bonds is 2. The first-order valence-electron chi connectivity index (χ1n) is 6.90. The minimum Gasteiger partial charge on any atom is -0.314 e. The standard InChI is InChI=1S/C15H21N3/c1-11-7-15-17-14(10-18(15)9-12(11)2)8-13-5-3-4-6-16-13/h7,9-10,13,16H,3-6,8H2,1-2H3/t13-/m0/s1. The van der Waals surface area contributed by atoms with Gasteiger partial charge in [0.2, 0.25) is 0 Å². The van der Waals surface area contributed by atoms with Crippen molar-refractivity contribution in [2.75, 3.05) is 6.54 Å². The van der Waals surface area contributed by atoms with Crippen molar-refractivity contribution < 1.29 is 0 Å². The largest absolute Gasteiger partial charge is 0.314 e. The van der Waals surface area contributed by atoms with Gasteiger partial charge in [-0.2, -0.15) is 0 Å². The number of aromatic nitrogens is 2. The summed E-state index contributed by atoms with van der Waals surface area (Å²) in [5, 5.41) is 3.59. The molecule has 1 fully saturated rings. The molecule has 0 unspecified atom stereocenters. The fourth-order valence-corrected chi connectivity index (χ4v) is 2.74. The van der Waals surface area contributed by atoms with E-state index in [2.05, 4.69) is 42.0 Å². The lowest BCUT2D eigenvalue weighted by Gasteiger charge is -2.22. The summed E-state index contributed by atoms with van der Waals surface area (Å²) in [5.74, 6) is 0. The molecule has 3 heterocycles. The van der Waals surface area contributed by atoms with Gasteiger partial charge < -0.3 is 9.72 Å². The molecule has 1 atom stereocenters. The Hall–Kier alpha value is -1.35. The molecule has 1 saturated heterocycles. The highest BCUT2D eigenvalue weighted by molar-refractivity contribution is 5.45. The molecule has 0 amide bonds. The van der Waals surface area contributed by atoms with Crippen LogP contribution >= 0.6 is 0 Å². The first-order chi connectivity index (χ1) is 8.72. The Labute approximate surface area is 108 Å². The Kier molecular flexibility index (Phi) is 3.08. The Morgan fingerprint density at radius 1 is 1.28 bits per heavy atom. The molecule has 0 aromatic carbocycles. The van der Waals surface area contributed by atoms with E-state index in [9.17, 15) is 0 Å². The lowest BCUT2D eigenvalue weighted by Crippen LogP contribution is -2.35. The fraction of sp³-hybridized carbons (Fsp3) is 0.533. The summed E-state index contributed by atoms with van der Waals surface area (Å²) in [6.07, 6.45) is 9.36. The second kappa shape index (κ2) is 4.73. The first kappa shape index (κ1) is 11.7. The highest BCUT2D eigenvalue weighted by Gasteiger charge is 2.14. The van der Waals surface area contributed by atoms with E-state index in [-0.39, 0.29) is 0 Å². The molecule has 2 aromatic rings. The third kappa shape index (κ3) is 2.27. The number of hydrogen-bond acceptors (Lipinski definition) is 2. The van der Waals surface area contributed by atoms with E-state index in [0.29, 0.717) is 6.04 Å². The lowest BCUT2D eigenvalue weighted by atomic mass is 10.0. The van der Waals surface area contributed by atoms with Crippen molar-refractivity contribution in [3.63, 3.8) is 0 Å². The molecule has 0 radical (unpaired) electrons. The smallest absolute Gasteiger partial charge is 0.137 e. The Balaban J connectivity index is 1.84. The van der Waals surface area contributed by atoms with E-state index in [4.69, 9.17) is 4.98 Å². The molecule has 3 heteroatoms. The van der Waals surface area contributed by atoms with Crippen molar-refractivity contribution in [3.05, 3.63) is 35.3 Å². The van der Waals surface area contributed by atoms with Crippen LogP contribution in [-0.4, -0.2) is 22.0 Å². The van der Waals surface area contributed by atoms with Crippen molar-refractivity contribution in [1.82, 2.24) is 14.7 Å². The number of fused-ring (bicyclic) bond motifs is 1. The number of piperidine rings is 1. The summed E-state index contributed by atoms with van der Waals surface area (Å²) in [6, 6.07) is 2.79.